The van der Waals surface area contributed by atoms with Crippen LogP contribution in [0.1, 0.15) is 23.6 Å². The molecule has 80 valence electrons. The molecule has 0 aromatic carbocycles. The molecule has 1 atom stereocenters. The first kappa shape index (κ1) is 10.7. The Hall–Kier alpha value is -0.770. The molecule has 1 N–H and O–H groups in total. The van der Waals surface area contributed by atoms with Gasteiger partial charge in [0.2, 0.25) is 0 Å². The van der Waals surface area contributed by atoms with Crippen molar-refractivity contribution in [3.8, 4) is 0 Å². The molecule has 2 rings (SSSR count). The molecule has 0 spiro atoms. The van der Waals surface area contributed by atoms with Crippen LogP contribution in [0, 0.1) is 0 Å². The fourth-order valence-corrected chi connectivity index (χ4v) is 2.26. The standard InChI is InChI=1S/C11H12ClNOS/c1-8(10-3-2-6-15-10)13-7-9-4-5-11(12)14-9/h2-6,8,13H,7H2,1H3/t8-/m0/s1. The topological polar surface area (TPSA) is 25.2 Å². The lowest BCUT2D eigenvalue weighted by atomic mass is 10.2. The van der Waals surface area contributed by atoms with E-state index in [0.717, 1.165) is 5.76 Å². The Labute approximate surface area is 97.9 Å². The summed E-state index contributed by atoms with van der Waals surface area (Å²) in [7, 11) is 0. The lowest BCUT2D eigenvalue weighted by Gasteiger charge is -2.10. The number of rotatable bonds is 4. The Morgan fingerprint density at radius 3 is 2.93 bits per heavy atom. The minimum Gasteiger partial charge on any atom is -0.448 e. The van der Waals surface area contributed by atoms with Gasteiger partial charge in [0.05, 0.1) is 6.54 Å². The molecule has 2 aromatic heterocycles. The summed E-state index contributed by atoms with van der Waals surface area (Å²) in [5.74, 6) is 0.864. The third-order valence-corrected chi connectivity index (χ3v) is 3.44. The zero-order valence-electron chi connectivity index (χ0n) is 8.37. The maximum Gasteiger partial charge on any atom is 0.193 e. The van der Waals surface area contributed by atoms with Gasteiger partial charge in [-0.3, -0.25) is 0 Å². The van der Waals surface area contributed by atoms with Gasteiger partial charge in [-0.15, -0.1) is 11.3 Å². The third kappa shape index (κ3) is 2.84. The van der Waals surface area contributed by atoms with Crippen LogP contribution in [0.15, 0.2) is 34.1 Å². The second-order valence-corrected chi connectivity index (χ2v) is 4.68. The fourth-order valence-electron chi connectivity index (χ4n) is 1.34. The van der Waals surface area contributed by atoms with Crippen molar-refractivity contribution in [3.63, 3.8) is 0 Å². The quantitative estimate of drug-likeness (QED) is 0.880. The number of hydrogen-bond acceptors (Lipinski definition) is 3. The normalized spacial score (nSPS) is 12.9. The van der Waals surface area contributed by atoms with E-state index in [2.05, 4.69) is 29.8 Å². The summed E-state index contributed by atoms with van der Waals surface area (Å²) in [6.07, 6.45) is 0. The van der Waals surface area contributed by atoms with Crippen LogP contribution in [-0.2, 0) is 6.54 Å². The van der Waals surface area contributed by atoms with Crippen molar-refractivity contribution in [1.82, 2.24) is 5.32 Å². The first-order valence-electron chi connectivity index (χ1n) is 4.76. The summed E-state index contributed by atoms with van der Waals surface area (Å²) in [5.41, 5.74) is 0. The highest BCUT2D eigenvalue weighted by Crippen LogP contribution is 2.19. The van der Waals surface area contributed by atoms with Crippen LogP contribution in [0.3, 0.4) is 0 Å². The van der Waals surface area contributed by atoms with E-state index in [9.17, 15) is 0 Å². The molecular formula is C11H12ClNOS. The molecule has 0 saturated heterocycles. The van der Waals surface area contributed by atoms with E-state index < -0.39 is 0 Å². The Morgan fingerprint density at radius 2 is 2.33 bits per heavy atom. The molecule has 0 radical (unpaired) electrons. The summed E-state index contributed by atoms with van der Waals surface area (Å²) < 4.78 is 5.26. The van der Waals surface area contributed by atoms with Gasteiger partial charge in [0.15, 0.2) is 5.22 Å². The van der Waals surface area contributed by atoms with E-state index >= 15 is 0 Å². The first-order chi connectivity index (χ1) is 7.25. The van der Waals surface area contributed by atoms with Gasteiger partial charge in [-0.2, -0.15) is 0 Å². The van der Waals surface area contributed by atoms with Crippen LogP contribution in [-0.4, -0.2) is 0 Å². The first-order valence-corrected chi connectivity index (χ1v) is 6.02. The highest BCUT2D eigenvalue weighted by atomic mass is 35.5. The molecule has 2 nitrogen and oxygen atoms in total. The van der Waals surface area contributed by atoms with E-state index in [1.807, 2.05) is 6.07 Å². The van der Waals surface area contributed by atoms with Gasteiger partial charge in [0.25, 0.3) is 0 Å². The number of thiophene rings is 1. The van der Waals surface area contributed by atoms with Gasteiger partial charge in [0, 0.05) is 10.9 Å². The smallest absolute Gasteiger partial charge is 0.193 e. The maximum absolute atomic E-state index is 5.68. The minimum atomic E-state index is 0.342. The zero-order chi connectivity index (χ0) is 10.7. The molecule has 2 aromatic rings. The predicted octanol–water partition coefficient (Wildman–Crippen LogP) is 3.85. The number of hydrogen-bond donors (Lipinski definition) is 1. The van der Waals surface area contributed by atoms with E-state index in [1.54, 1.807) is 17.4 Å². The van der Waals surface area contributed by atoms with E-state index in [1.165, 1.54) is 4.88 Å². The lowest BCUT2D eigenvalue weighted by molar-refractivity contribution is 0.464. The lowest BCUT2D eigenvalue weighted by Crippen LogP contribution is -2.16. The van der Waals surface area contributed by atoms with Crippen LogP contribution >= 0.6 is 22.9 Å². The second kappa shape index (κ2) is 4.84. The minimum absolute atomic E-state index is 0.342. The summed E-state index contributed by atoms with van der Waals surface area (Å²) in [4.78, 5) is 1.33. The average molecular weight is 242 g/mol. The molecule has 0 saturated carbocycles. The fraction of sp³-hybridized carbons (Fsp3) is 0.273. The predicted molar refractivity (Wildman–Crippen MR) is 63.3 cm³/mol. The van der Waals surface area contributed by atoms with Crippen molar-refractivity contribution in [1.29, 1.82) is 0 Å². The molecule has 0 aliphatic rings. The average Bonchev–Trinajstić information content (AvgIpc) is 2.84. The van der Waals surface area contributed by atoms with E-state index in [4.69, 9.17) is 16.0 Å². The summed E-state index contributed by atoms with van der Waals surface area (Å²) in [5, 5.41) is 5.89. The van der Waals surface area contributed by atoms with Crippen molar-refractivity contribution in [2.24, 2.45) is 0 Å². The zero-order valence-corrected chi connectivity index (χ0v) is 9.94. The van der Waals surface area contributed by atoms with Crippen molar-refractivity contribution in [2.75, 3.05) is 0 Å². The van der Waals surface area contributed by atoms with Crippen molar-refractivity contribution >= 4 is 22.9 Å². The Kier molecular flexibility index (Phi) is 3.46. The largest absolute Gasteiger partial charge is 0.448 e. The molecular weight excluding hydrogens is 230 g/mol. The molecule has 0 fully saturated rings. The van der Waals surface area contributed by atoms with Crippen molar-refractivity contribution in [3.05, 3.63) is 45.5 Å². The molecule has 0 aliphatic heterocycles. The van der Waals surface area contributed by atoms with Gasteiger partial charge >= 0.3 is 0 Å². The highest BCUT2D eigenvalue weighted by molar-refractivity contribution is 7.10. The van der Waals surface area contributed by atoms with Crippen molar-refractivity contribution in [2.45, 2.75) is 19.5 Å². The van der Waals surface area contributed by atoms with Crippen LogP contribution in [0.4, 0.5) is 0 Å². The summed E-state index contributed by atoms with van der Waals surface area (Å²) >= 11 is 7.44. The highest BCUT2D eigenvalue weighted by Gasteiger charge is 2.06. The van der Waals surface area contributed by atoms with Gasteiger partial charge in [-0.05, 0) is 42.1 Å². The number of furan rings is 1. The summed E-state index contributed by atoms with van der Waals surface area (Å²) in [6, 6.07) is 8.17. The Bertz CT molecular complexity index is 410. The van der Waals surface area contributed by atoms with Crippen LogP contribution in [0.5, 0.6) is 0 Å². The molecule has 0 unspecified atom stereocenters. The SMILES string of the molecule is C[C@H](NCc1ccc(Cl)o1)c1cccs1. The van der Waals surface area contributed by atoms with Gasteiger partial charge in [-0.25, -0.2) is 0 Å². The van der Waals surface area contributed by atoms with Crippen LogP contribution in [0.2, 0.25) is 5.22 Å². The molecule has 0 bridgehead atoms. The second-order valence-electron chi connectivity index (χ2n) is 3.32. The molecule has 0 amide bonds. The van der Waals surface area contributed by atoms with E-state index in [-0.39, 0.29) is 0 Å². The molecule has 0 aliphatic carbocycles. The Morgan fingerprint density at radius 1 is 1.47 bits per heavy atom. The molecule has 15 heavy (non-hydrogen) atoms. The monoisotopic (exact) mass is 241 g/mol. The van der Waals surface area contributed by atoms with E-state index in [0.29, 0.717) is 17.8 Å². The molecule has 2 heterocycles. The third-order valence-electron chi connectivity index (χ3n) is 2.18. The number of nitrogens with one attached hydrogen (secondary N) is 1. The summed E-state index contributed by atoms with van der Waals surface area (Å²) in [6.45, 7) is 2.84. The van der Waals surface area contributed by atoms with Gasteiger partial charge < -0.3 is 9.73 Å². The van der Waals surface area contributed by atoms with Gasteiger partial charge in [0.1, 0.15) is 5.76 Å². The van der Waals surface area contributed by atoms with Crippen LogP contribution in [0.25, 0.3) is 0 Å². The van der Waals surface area contributed by atoms with Crippen molar-refractivity contribution < 1.29 is 4.42 Å². The van der Waals surface area contributed by atoms with Gasteiger partial charge in [-0.1, -0.05) is 6.07 Å². The van der Waals surface area contributed by atoms with Crippen LogP contribution < -0.4 is 5.32 Å². The molecule has 4 heteroatoms. The number of halogens is 1. The maximum atomic E-state index is 5.68. The Balaban J connectivity index is 1.88.